The smallest absolute Gasteiger partial charge is 0.261 e. The molecule has 7 nitrogen and oxygen atoms in total. The second-order valence-corrected chi connectivity index (χ2v) is 9.23. The minimum atomic E-state index is -3.76. The van der Waals surface area contributed by atoms with Gasteiger partial charge in [-0.25, -0.2) is 8.42 Å². The molecule has 0 aliphatic carbocycles. The molecule has 8 heteroatoms. The number of hydrogen-bond acceptors (Lipinski definition) is 5. The average Bonchev–Trinajstić information content (AvgIpc) is 2.80. The number of nitrogens with one attached hydrogen (secondary N) is 2. The van der Waals surface area contributed by atoms with E-state index in [4.69, 9.17) is 9.47 Å². The van der Waals surface area contributed by atoms with E-state index < -0.39 is 10.0 Å². The second kappa shape index (κ2) is 8.92. The van der Waals surface area contributed by atoms with E-state index in [2.05, 4.69) is 10.0 Å². The normalized spacial score (nSPS) is 13.8. The van der Waals surface area contributed by atoms with Gasteiger partial charge >= 0.3 is 0 Å². The van der Waals surface area contributed by atoms with Crippen LogP contribution in [-0.4, -0.2) is 27.5 Å². The van der Waals surface area contributed by atoms with Crippen LogP contribution in [0.5, 0.6) is 11.5 Å². The zero-order valence-corrected chi connectivity index (χ0v) is 18.6. The Bertz CT molecular complexity index is 1240. The molecular weight excluding hydrogens is 428 g/mol. The van der Waals surface area contributed by atoms with Crippen molar-refractivity contribution in [2.45, 2.75) is 24.8 Å². The number of benzene rings is 3. The highest BCUT2D eigenvalue weighted by molar-refractivity contribution is 7.92. The molecule has 1 aliphatic heterocycles. The zero-order valence-electron chi connectivity index (χ0n) is 17.8. The number of aryl methyl sites for hydroxylation is 1. The fraction of sp³-hybridized carbons (Fsp3) is 0.208. The molecule has 3 aromatic rings. The molecule has 166 valence electrons. The summed E-state index contributed by atoms with van der Waals surface area (Å²) in [5, 5.41) is 2.92. The Hall–Kier alpha value is -3.52. The van der Waals surface area contributed by atoms with E-state index in [0.29, 0.717) is 36.0 Å². The lowest BCUT2D eigenvalue weighted by atomic mass is 10.1. The van der Waals surface area contributed by atoms with Crippen LogP contribution >= 0.6 is 0 Å². The molecule has 0 spiro atoms. The number of anilines is 1. The number of para-hydroxylation sites is 1. The Morgan fingerprint density at radius 3 is 2.34 bits per heavy atom. The van der Waals surface area contributed by atoms with Gasteiger partial charge in [-0.05, 0) is 67.4 Å². The Morgan fingerprint density at radius 2 is 1.62 bits per heavy atom. The molecule has 2 N–H and O–H groups in total. The summed E-state index contributed by atoms with van der Waals surface area (Å²) in [7, 11) is -3.76. The zero-order chi connectivity index (χ0) is 22.7. The molecule has 1 atom stereocenters. The van der Waals surface area contributed by atoms with E-state index in [1.165, 1.54) is 24.3 Å². The van der Waals surface area contributed by atoms with Gasteiger partial charge in [0.25, 0.3) is 15.9 Å². The topological polar surface area (TPSA) is 93.7 Å². The molecule has 0 saturated carbocycles. The van der Waals surface area contributed by atoms with Crippen molar-refractivity contribution in [1.29, 1.82) is 0 Å². The summed E-state index contributed by atoms with van der Waals surface area (Å²) < 4.78 is 39.1. The van der Waals surface area contributed by atoms with Crippen LogP contribution in [-0.2, 0) is 10.0 Å². The van der Waals surface area contributed by atoms with Crippen molar-refractivity contribution in [3.8, 4) is 11.5 Å². The van der Waals surface area contributed by atoms with E-state index in [0.717, 1.165) is 11.1 Å². The summed E-state index contributed by atoms with van der Waals surface area (Å²) in [6.07, 6.45) is 0. The third-order valence-corrected chi connectivity index (χ3v) is 6.61. The Balaban J connectivity index is 1.44. The number of sulfonamides is 1. The first kappa shape index (κ1) is 21.7. The van der Waals surface area contributed by atoms with Gasteiger partial charge in [0, 0.05) is 5.56 Å². The van der Waals surface area contributed by atoms with Crippen LogP contribution in [0.15, 0.2) is 71.6 Å². The number of amides is 1. The highest BCUT2D eigenvalue weighted by Crippen LogP contribution is 2.32. The molecule has 0 saturated heterocycles. The van der Waals surface area contributed by atoms with Crippen LogP contribution in [0.25, 0.3) is 0 Å². The molecule has 0 bridgehead atoms. The number of carbonyl (C=O) groups excluding carboxylic acids is 1. The highest BCUT2D eigenvalue weighted by Gasteiger charge is 2.18. The van der Waals surface area contributed by atoms with Crippen molar-refractivity contribution >= 4 is 21.6 Å². The summed E-state index contributed by atoms with van der Waals surface area (Å²) in [5.41, 5.74) is 2.58. The third-order valence-electron chi connectivity index (χ3n) is 5.23. The van der Waals surface area contributed by atoms with E-state index in [9.17, 15) is 13.2 Å². The molecule has 0 fully saturated rings. The van der Waals surface area contributed by atoms with Crippen molar-refractivity contribution in [3.63, 3.8) is 0 Å². The van der Waals surface area contributed by atoms with Crippen LogP contribution in [0.4, 0.5) is 5.69 Å². The second-order valence-electron chi connectivity index (χ2n) is 7.54. The molecule has 0 radical (unpaired) electrons. The van der Waals surface area contributed by atoms with Gasteiger partial charge in [0.2, 0.25) is 0 Å². The quantitative estimate of drug-likeness (QED) is 0.588. The fourth-order valence-corrected chi connectivity index (χ4v) is 4.50. The summed E-state index contributed by atoms with van der Waals surface area (Å²) in [4.78, 5) is 12.8. The molecule has 0 aromatic heterocycles. The van der Waals surface area contributed by atoms with E-state index >= 15 is 0 Å². The van der Waals surface area contributed by atoms with Gasteiger partial charge in [0.05, 0.1) is 16.6 Å². The highest BCUT2D eigenvalue weighted by atomic mass is 32.2. The van der Waals surface area contributed by atoms with Crippen molar-refractivity contribution in [1.82, 2.24) is 5.32 Å². The Labute approximate surface area is 187 Å². The van der Waals surface area contributed by atoms with Crippen LogP contribution in [0.3, 0.4) is 0 Å². The molecule has 1 heterocycles. The fourth-order valence-electron chi connectivity index (χ4n) is 3.37. The van der Waals surface area contributed by atoms with E-state index in [-0.39, 0.29) is 16.8 Å². The first-order chi connectivity index (χ1) is 15.3. The van der Waals surface area contributed by atoms with Crippen molar-refractivity contribution in [2.24, 2.45) is 0 Å². The minimum Gasteiger partial charge on any atom is -0.486 e. The van der Waals surface area contributed by atoms with Crippen molar-refractivity contribution in [3.05, 3.63) is 83.4 Å². The average molecular weight is 453 g/mol. The van der Waals surface area contributed by atoms with Crippen molar-refractivity contribution < 1.29 is 22.7 Å². The van der Waals surface area contributed by atoms with Crippen LogP contribution in [0.1, 0.15) is 34.5 Å². The number of ether oxygens (including phenoxy) is 2. The van der Waals surface area contributed by atoms with Crippen LogP contribution in [0, 0.1) is 6.92 Å². The Kier molecular flexibility index (Phi) is 6.05. The minimum absolute atomic E-state index is 0.0807. The number of carbonyl (C=O) groups is 1. The maximum absolute atomic E-state index is 12.7. The lowest BCUT2D eigenvalue weighted by Crippen LogP contribution is -2.27. The molecule has 1 amide bonds. The molecule has 1 aliphatic rings. The summed E-state index contributed by atoms with van der Waals surface area (Å²) in [6, 6.07) is 18.3. The largest absolute Gasteiger partial charge is 0.486 e. The molecule has 4 rings (SSSR count). The van der Waals surface area contributed by atoms with Crippen LogP contribution in [0.2, 0.25) is 0 Å². The number of hydrogen-bond donors (Lipinski definition) is 2. The van der Waals surface area contributed by atoms with Crippen LogP contribution < -0.4 is 19.5 Å². The van der Waals surface area contributed by atoms with Gasteiger partial charge in [-0.1, -0.05) is 24.3 Å². The molecule has 0 unspecified atom stereocenters. The van der Waals surface area contributed by atoms with E-state index in [1.54, 1.807) is 12.1 Å². The maximum atomic E-state index is 12.7. The predicted molar refractivity (Wildman–Crippen MR) is 122 cm³/mol. The lowest BCUT2D eigenvalue weighted by molar-refractivity contribution is 0.0939. The predicted octanol–water partition coefficient (Wildman–Crippen LogP) is 4.06. The standard InChI is InChI=1S/C24H24N2O5S/c1-16-5-3-4-6-21(16)26-32(28,29)20-10-7-18(8-11-20)24(27)25-17(2)19-9-12-22-23(15-19)31-14-13-30-22/h3-12,15,17,26H,13-14H2,1-2H3,(H,25,27)/t17-/m0/s1. The Morgan fingerprint density at radius 1 is 0.938 bits per heavy atom. The van der Waals surface area contributed by atoms with Gasteiger partial charge in [0.1, 0.15) is 13.2 Å². The first-order valence-corrected chi connectivity index (χ1v) is 11.7. The SMILES string of the molecule is Cc1ccccc1NS(=O)(=O)c1ccc(C(=O)N[C@@H](C)c2ccc3c(c2)OCCO3)cc1. The van der Waals surface area contributed by atoms with Gasteiger partial charge in [-0.3, -0.25) is 9.52 Å². The van der Waals surface area contributed by atoms with Gasteiger partial charge in [0.15, 0.2) is 11.5 Å². The number of rotatable bonds is 6. The van der Waals surface area contributed by atoms with E-state index in [1.807, 2.05) is 44.2 Å². The molecule has 3 aromatic carbocycles. The summed E-state index contributed by atoms with van der Waals surface area (Å²) in [5.74, 6) is 1.04. The molecular formula is C24H24N2O5S. The first-order valence-electron chi connectivity index (χ1n) is 10.2. The number of fused-ring (bicyclic) bond motifs is 1. The third kappa shape index (κ3) is 4.70. The molecule has 32 heavy (non-hydrogen) atoms. The van der Waals surface area contributed by atoms with Gasteiger partial charge in [-0.15, -0.1) is 0 Å². The monoisotopic (exact) mass is 452 g/mol. The summed E-state index contributed by atoms with van der Waals surface area (Å²) in [6.45, 7) is 4.71. The van der Waals surface area contributed by atoms with Crippen molar-refractivity contribution in [2.75, 3.05) is 17.9 Å². The lowest BCUT2D eigenvalue weighted by Gasteiger charge is -2.21. The van der Waals surface area contributed by atoms with Gasteiger partial charge in [-0.2, -0.15) is 0 Å². The van der Waals surface area contributed by atoms with Gasteiger partial charge < -0.3 is 14.8 Å². The maximum Gasteiger partial charge on any atom is 0.261 e. The summed E-state index contributed by atoms with van der Waals surface area (Å²) >= 11 is 0.